The standard InChI is InChI=1S/C24H29N3/c1-7-9-10-20(11-16(3)8-2)24-21-12-17(4)18(5)13-22(21)27-19(6)14-25-23(27)15-26-24/h7,9-14H,8,15H2,1-6H3/b9-7-,16-11+,20-10+. The molecule has 1 aliphatic rings. The summed E-state index contributed by atoms with van der Waals surface area (Å²) in [5, 5.41) is 0. The number of rotatable bonds is 4. The molecule has 0 radical (unpaired) electrons. The average molecular weight is 360 g/mol. The van der Waals surface area contributed by atoms with Crippen LogP contribution in [0.5, 0.6) is 0 Å². The molecular weight excluding hydrogens is 330 g/mol. The van der Waals surface area contributed by atoms with Crippen molar-refractivity contribution < 1.29 is 0 Å². The zero-order valence-electron chi connectivity index (χ0n) is 17.3. The van der Waals surface area contributed by atoms with E-state index in [1.807, 2.05) is 13.1 Å². The number of imidazole rings is 1. The molecule has 2 aromatic rings. The van der Waals surface area contributed by atoms with Crippen LogP contribution >= 0.6 is 0 Å². The van der Waals surface area contributed by atoms with Crippen LogP contribution in [0.25, 0.3) is 5.69 Å². The van der Waals surface area contributed by atoms with Crippen LogP contribution in [-0.4, -0.2) is 15.3 Å². The van der Waals surface area contributed by atoms with E-state index in [1.165, 1.54) is 28.0 Å². The predicted octanol–water partition coefficient (Wildman–Crippen LogP) is 5.96. The van der Waals surface area contributed by atoms with Gasteiger partial charge in [0, 0.05) is 23.0 Å². The minimum absolute atomic E-state index is 0.585. The van der Waals surface area contributed by atoms with Crippen molar-refractivity contribution in [1.29, 1.82) is 0 Å². The highest BCUT2D eigenvalue weighted by Crippen LogP contribution is 2.29. The molecule has 0 N–H and O–H groups in total. The molecule has 140 valence electrons. The minimum atomic E-state index is 0.585. The highest BCUT2D eigenvalue weighted by molar-refractivity contribution is 6.17. The Labute approximate surface area is 162 Å². The second-order valence-corrected chi connectivity index (χ2v) is 7.26. The van der Waals surface area contributed by atoms with Gasteiger partial charge in [-0.3, -0.25) is 9.56 Å². The van der Waals surface area contributed by atoms with E-state index in [-0.39, 0.29) is 0 Å². The predicted molar refractivity (Wildman–Crippen MR) is 115 cm³/mol. The molecule has 1 aliphatic heterocycles. The van der Waals surface area contributed by atoms with Gasteiger partial charge in [0.2, 0.25) is 0 Å². The normalized spacial score (nSPS) is 14.8. The fourth-order valence-corrected chi connectivity index (χ4v) is 3.35. The van der Waals surface area contributed by atoms with Gasteiger partial charge in [-0.25, -0.2) is 4.98 Å². The molecule has 0 saturated heterocycles. The van der Waals surface area contributed by atoms with Crippen LogP contribution in [0, 0.1) is 20.8 Å². The average Bonchev–Trinajstić information content (AvgIpc) is 2.94. The summed E-state index contributed by atoms with van der Waals surface area (Å²) >= 11 is 0. The van der Waals surface area contributed by atoms with E-state index in [1.54, 1.807) is 0 Å². The molecule has 2 heterocycles. The summed E-state index contributed by atoms with van der Waals surface area (Å²) in [7, 11) is 0. The number of fused-ring (bicyclic) bond motifs is 3. The van der Waals surface area contributed by atoms with Crippen LogP contribution in [0.3, 0.4) is 0 Å². The number of aliphatic imine (C=N–C) groups is 1. The van der Waals surface area contributed by atoms with Gasteiger partial charge in [0.1, 0.15) is 5.82 Å². The van der Waals surface area contributed by atoms with Crippen LogP contribution in [0.1, 0.15) is 55.4 Å². The van der Waals surface area contributed by atoms with Crippen LogP contribution in [-0.2, 0) is 6.54 Å². The fraction of sp³-hybridized carbons (Fsp3) is 0.333. The lowest BCUT2D eigenvalue weighted by Crippen LogP contribution is -2.10. The number of hydrogen-bond donors (Lipinski definition) is 0. The maximum atomic E-state index is 5.02. The van der Waals surface area contributed by atoms with E-state index in [4.69, 9.17) is 4.99 Å². The van der Waals surface area contributed by atoms with Gasteiger partial charge in [-0.05, 0) is 64.3 Å². The van der Waals surface area contributed by atoms with Crippen LogP contribution in [0.2, 0.25) is 0 Å². The monoisotopic (exact) mass is 359 g/mol. The quantitative estimate of drug-likeness (QED) is 0.620. The van der Waals surface area contributed by atoms with Crippen molar-refractivity contribution in [2.45, 2.75) is 54.5 Å². The van der Waals surface area contributed by atoms with Gasteiger partial charge in [-0.1, -0.05) is 36.8 Å². The Kier molecular flexibility index (Phi) is 5.59. The van der Waals surface area contributed by atoms with Crippen molar-refractivity contribution in [3.63, 3.8) is 0 Å². The molecular formula is C24H29N3. The van der Waals surface area contributed by atoms with Crippen LogP contribution in [0.4, 0.5) is 0 Å². The molecule has 3 heteroatoms. The molecule has 0 amide bonds. The Morgan fingerprint density at radius 2 is 1.93 bits per heavy atom. The number of nitrogens with zero attached hydrogens (tertiary/aromatic N) is 3. The Bertz CT molecular complexity index is 981. The van der Waals surface area contributed by atoms with Gasteiger partial charge < -0.3 is 0 Å². The third kappa shape index (κ3) is 3.73. The number of aryl methyl sites for hydroxylation is 3. The minimum Gasteiger partial charge on any atom is -0.299 e. The van der Waals surface area contributed by atoms with Gasteiger partial charge in [0.05, 0.1) is 17.9 Å². The van der Waals surface area contributed by atoms with Gasteiger partial charge in [0.15, 0.2) is 0 Å². The lowest BCUT2D eigenvalue weighted by molar-refractivity contribution is 0.862. The maximum absolute atomic E-state index is 5.02. The van der Waals surface area contributed by atoms with Gasteiger partial charge in [0.25, 0.3) is 0 Å². The summed E-state index contributed by atoms with van der Waals surface area (Å²) < 4.78 is 2.25. The second kappa shape index (κ2) is 7.91. The molecule has 3 rings (SSSR count). The van der Waals surface area contributed by atoms with Crippen LogP contribution < -0.4 is 0 Å². The molecule has 1 aromatic heterocycles. The molecule has 0 unspecified atom stereocenters. The zero-order valence-corrected chi connectivity index (χ0v) is 17.3. The van der Waals surface area contributed by atoms with Crippen LogP contribution in [0.15, 0.2) is 58.8 Å². The summed E-state index contributed by atoms with van der Waals surface area (Å²) in [6.07, 6.45) is 11.5. The van der Waals surface area contributed by atoms with E-state index in [2.05, 4.69) is 80.6 Å². The molecule has 3 nitrogen and oxygen atoms in total. The summed E-state index contributed by atoms with van der Waals surface area (Å²) in [5.41, 5.74) is 9.60. The lowest BCUT2D eigenvalue weighted by atomic mass is 9.94. The van der Waals surface area contributed by atoms with Gasteiger partial charge >= 0.3 is 0 Å². The van der Waals surface area contributed by atoms with Gasteiger partial charge in [-0.15, -0.1) is 0 Å². The van der Waals surface area contributed by atoms with E-state index < -0.39 is 0 Å². The fourth-order valence-electron chi connectivity index (χ4n) is 3.35. The van der Waals surface area contributed by atoms with Crippen molar-refractivity contribution in [1.82, 2.24) is 9.55 Å². The first-order chi connectivity index (χ1) is 13.0. The molecule has 0 bridgehead atoms. The molecule has 0 saturated carbocycles. The smallest absolute Gasteiger partial charge is 0.135 e. The molecule has 27 heavy (non-hydrogen) atoms. The van der Waals surface area contributed by atoms with E-state index in [0.717, 1.165) is 29.2 Å². The van der Waals surface area contributed by atoms with Crippen molar-refractivity contribution in [2.75, 3.05) is 0 Å². The van der Waals surface area contributed by atoms with Crippen molar-refractivity contribution >= 4 is 5.71 Å². The Balaban J connectivity index is 2.29. The number of allylic oxidation sites excluding steroid dienone is 6. The third-order valence-corrected chi connectivity index (χ3v) is 5.20. The topological polar surface area (TPSA) is 30.2 Å². The Morgan fingerprint density at radius 3 is 2.63 bits per heavy atom. The molecule has 0 aliphatic carbocycles. The molecule has 0 atom stereocenters. The highest BCUT2D eigenvalue weighted by atomic mass is 15.1. The summed E-state index contributed by atoms with van der Waals surface area (Å²) in [6, 6.07) is 4.55. The molecule has 0 spiro atoms. The van der Waals surface area contributed by atoms with Gasteiger partial charge in [-0.2, -0.15) is 0 Å². The molecule has 1 aromatic carbocycles. The SMILES string of the molecule is C\C=C/C=C(\C=C(/C)CC)C1=NCc2ncc(C)n2-c2cc(C)c(C)cc21. The Hall–Kier alpha value is -2.68. The third-order valence-electron chi connectivity index (χ3n) is 5.20. The summed E-state index contributed by atoms with van der Waals surface area (Å²) in [6.45, 7) is 13.4. The Morgan fingerprint density at radius 1 is 1.19 bits per heavy atom. The summed E-state index contributed by atoms with van der Waals surface area (Å²) in [4.78, 5) is 9.62. The highest BCUT2D eigenvalue weighted by Gasteiger charge is 2.22. The summed E-state index contributed by atoms with van der Waals surface area (Å²) in [5.74, 6) is 0.994. The van der Waals surface area contributed by atoms with E-state index in [0.29, 0.717) is 6.54 Å². The number of hydrogen-bond acceptors (Lipinski definition) is 2. The first kappa shape index (κ1) is 19.1. The van der Waals surface area contributed by atoms with Crippen molar-refractivity contribution in [3.8, 4) is 5.69 Å². The van der Waals surface area contributed by atoms with E-state index >= 15 is 0 Å². The van der Waals surface area contributed by atoms with Crippen molar-refractivity contribution in [2.24, 2.45) is 4.99 Å². The van der Waals surface area contributed by atoms with Crippen molar-refractivity contribution in [3.05, 3.63) is 82.0 Å². The largest absolute Gasteiger partial charge is 0.299 e. The second-order valence-electron chi connectivity index (χ2n) is 7.26. The lowest BCUT2D eigenvalue weighted by Gasteiger charge is -2.16. The molecule has 0 fully saturated rings. The van der Waals surface area contributed by atoms with E-state index in [9.17, 15) is 0 Å². The maximum Gasteiger partial charge on any atom is 0.135 e. The zero-order chi connectivity index (χ0) is 19.6. The number of aromatic nitrogens is 2. The first-order valence-corrected chi connectivity index (χ1v) is 9.66. The first-order valence-electron chi connectivity index (χ1n) is 9.66. The number of benzene rings is 1.